The summed E-state index contributed by atoms with van der Waals surface area (Å²) < 4.78 is 81.8. The molecule has 1 saturated heterocycles. The molecule has 5 rings (SSSR count). The van der Waals surface area contributed by atoms with E-state index < -0.39 is 46.8 Å². The number of aliphatic hydroxyl groups is 2. The summed E-state index contributed by atoms with van der Waals surface area (Å²) in [4.78, 5) is 12.4. The summed E-state index contributed by atoms with van der Waals surface area (Å²) in [5.41, 5.74) is 2.93. The standard InChI is InChI=1S/C35H32F5NO5S/c1-19-26(18-47-13-12-42)45-35(46-33(19)22-10-8-20(17-43)9-11-22)25-7-3-6-24(15-25)23-5-2-4-21(14-23)16-41-34(44)27-28(36)30(38)32(40)31(39)29(27)37/h2-11,14-15,19,26,33,35,42-43H,12-13,16-18H2,1H3,(H,41,44)/t19-,26+,33+,35+/m1/s1. The molecule has 1 aliphatic heterocycles. The van der Waals surface area contributed by atoms with Crippen LogP contribution in [0.3, 0.4) is 0 Å². The van der Waals surface area contributed by atoms with Crippen molar-refractivity contribution in [1.29, 1.82) is 0 Å². The molecule has 0 saturated carbocycles. The fraction of sp³-hybridized carbons (Fsp3) is 0.286. The molecule has 0 radical (unpaired) electrons. The SMILES string of the molecule is C[C@@H]1[C@H](CSCCO)O[C@H](c2cccc(-c3cccc(CNC(=O)c4c(F)c(F)c(F)c(F)c4F)c3)c2)O[C@@H]1c1ccc(CO)cc1. The number of hydrogen-bond donors (Lipinski definition) is 3. The number of nitrogens with one attached hydrogen (secondary N) is 1. The van der Waals surface area contributed by atoms with Crippen LogP contribution in [0.4, 0.5) is 22.0 Å². The maximum absolute atomic E-state index is 14.1. The Bertz CT molecular complexity index is 1690. The molecule has 3 N–H and O–H groups in total. The van der Waals surface area contributed by atoms with Crippen LogP contribution in [0.25, 0.3) is 11.1 Å². The van der Waals surface area contributed by atoms with Crippen molar-refractivity contribution in [3.05, 3.63) is 130 Å². The molecule has 0 spiro atoms. The van der Waals surface area contributed by atoms with Gasteiger partial charge in [-0.2, -0.15) is 11.8 Å². The monoisotopic (exact) mass is 673 g/mol. The lowest BCUT2D eigenvalue weighted by Gasteiger charge is -2.41. The minimum atomic E-state index is -2.34. The summed E-state index contributed by atoms with van der Waals surface area (Å²) in [5.74, 6) is -11.4. The lowest BCUT2D eigenvalue weighted by atomic mass is 9.91. The van der Waals surface area contributed by atoms with E-state index in [1.165, 1.54) is 0 Å². The quantitative estimate of drug-likeness (QED) is 0.0689. The molecule has 0 bridgehead atoms. The Balaban J connectivity index is 1.35. The second-order valence-corrected chi connectivity index (χ2v) is 12.2. The summed E-state index contributed by atoms with van der Waals surface area (Å²) >= 11 is 1.59. The number of benzene rings is 4. The first kappa shape index (κ1) is 34.5. The van der Waals surface area contributed by atoms with E-state index in [1.54, 1.807) is 30.0 Å². The van der Waals surface area contributed by atoms with Crippen molar-refractivity contribution >= 4 is 17.7 Å². The number of rotatable bonds is 11. The van der Waals surface area contributed by atoms with E-state index in [0.29, 0.717) is 17.1 Å². The normalized spacial score (nSPS) is 19.5. The van der Waals surface area contributed by atoms with Crippen molar-refractivity contribution in [2.24, 2.45) is 5.92 Å². The number of aliphatic hydroxyl groups excluding tert-OH is 2. The lowest BCUT2D eigenvalue weighted by molar-refractivity contribution is -0.268. The van der Waals surface area contributed by atoms with Gasteiger partial charge in [0.15, 0.2) is 29.6 Å². The van der Waals surface area contributed by atoms with E-state index in [-0.39, 0.29) is 37.9 Å². The fourth-order valence-corrected chi connectivity index (χ4v) is 6.28. The second-order valence-electron chi connectivity index (χ2n) is 11.1. The Kier molecular flexibility index (Phi) is 11.3. The van der Waals surface area contributed by atoms with Crippen LogP contribution in [-0.2, 0) is 22.6 Å². The number of halogens is 5. The molecular weight excluding hydrogens is 641 g/mol. The number of hydrogen-bond acceptors (Lipinski definition) is 6. The van der Waals surface area contributed by atoms with E-state index in [2.05, 4.69) is 12.2 Å². The third-order valence-corrected chi connectivity index (χ3v) is 8.99. The minimum Gasteiger partial charge on any atom is -0.396 e. The zero-order valence-corrected chi connectivity index (χ0v) is 26.0. The Hall–Kier alpha value is -3.81. The minimum absolute atomic E-state index is 0.0164. The van der Waals surface area contributed by atoms with Crippen molar-refractivity contribution in [3.8, 4) is 11.1 Å². The summed E-state index contributed by atoms with van der Waals surface area (Å²) in [5, 5.41) is 21.0. The molecule has 4 aromatic rings. The van der Waals surface area contributed by atoms with Crippen LogP contribution in [0.2, 0.25) is 0 Å². The van der Waals surface area contributed by atoms with Gasteiger partial charge in [-0.25, -0.2) is 22.0 Å². The fourth-order valence-electron chi connectivity index (χ4n) is 5.37. The first-order chi connectivity index (χ1) is 22.6. The van der Waals surface area contributed by atoms with Crippen LogP contribution in [-0.4, -0.2) is 40.3 Å². The molecule has 12 heteroatoms. The van der Waals surface area contributed by atoms with Crippen molar-refractivity contribution in [2.75, 3.05) is 18.1 Å². The molecule has 248 valence electrons. The number of thioether (sulfide) groups is 1. The third-order valence-electron chi connectivity index (χ3n) is 7.95. The topological polar surface area (TPSA) is 88.0 Å². The van der Waals surface area contributed by atoms with Crippen LogP contribution >= 0.6 is 11.8 Å². The summed E-state index contributed by atoms with van der Waals surface area (Å²) in [6.45, 7) is 1.79. The van der Waals surface area contributed by atoms with Crippen molar-refractivity contribution in [2.45, 2.75) is 38.6 Å². The largest absolute Gasteiger partial charge is 0.396 e. The summed E-state index contributed by atoms with van der Waals surface area (Å²) in [7, 11) is 0. The molecule has 0 aliphatic carbocycles. The van der Waals surface area contributed by atoms with Gasteiger partial charge in [-0.05, 0) is 39.9 Å². The Morgan fingerprint density at radius 1 is 0.787 bits per heavy atom. The molecule has 4 atom stereocenters. The Morgan fingerprint density at radius 2 is 1.43 bits per heavy atom. The first-order valence-corrected chi connectivity index (χ1v) is 16.0. The molecule has 0 aromatic heterocycles. The maximum atomic E-state index is 14.1. The third kappa shape index (κ3) is 7.68. The summed E-state index contributed by atoms with van der Waals surface area (Å²) in [6, 6.07) is 21.9. The van der Waals surface area contributed by atoms with E-state index >= 15 is 0 Å². The molecule has 6 nitrogen and oxygen atoms in total. The zero-order chi connectivity index (χ0) is 33.7. The number of ether oxygens (including phenoxy) is 2. The Morgan fingerprint density at radius 3 is 2.09 bits per heavy atom. The van der Waals surface area contributed by atoms with Gasteiger partial charge in [-0.15, -0.1) is 0 Å². The van der Waals surface area contributed by atoms with Crippen LogP contribution in [0.15, 0.2) is 72.8 Å². The van der Waals surface area contributed by atoms with Gasteiger partial charge in [0.1, 0.15) is 5.56 Å². The van der Waals surface area contributed by atoms with Gasteiger partial charge < -0.3 is 25.0 Å². The number of carbonyl (C=O) groups is 1. The molecule has 1 heterocycles. The highest BCUT2D eigenvalue weighted by Crippen LogP contribution is 2.43. The lowest BCUT2D eigenvalue weighted by Crippen LogP contribution is -2.38. The predicted molar refractivity (Wildman–Crippen MR) is 167 cm³/mol. The van der Waals surface area contributed by atoms with Crippen LogP contribution in [0.5, 0.6) is 0 Å². The molecule has 1 aliphatic rings. The number of carbonyl (C=O) groups excluding carboxylic acids is 1. The second kappa shape index (κ2) is 15.4. The smallest absolute Gasteiger partial charge is 0.257 e. The highest BCUT2D eigenvalue weighted by Gasteiger charge is 2.38. The van der Waals surface area contributed by atoms with E-state index in [0.717, 1.165) is 27.8 Å². The molecule has 47 heavy (non-hydrogen) atoms. The molecule has 4 aromatic carbocycles. The highest BCUT2D eigenvalue weighted by molar-refractivity contribution is 7.99. The maximum Gasteiger partial charge on any atom is 0.257 e. The van der Waals surface area contributed by atoms with Gasteiger partial charge >= 0.3 is 0 Å². The van der Waals surface area contributed by atoms with E-state index in [4.69, 9.17) is 9.47 Å². The van der Waals surface area contributed by atoms with Gasteiger partial charge in [0.05, 0.1) is 25.4 Å². The van der Waals surface area contributed by atoms with Crippen LogP contribution in [0, 0.1) is 35.0 Å². The highest BCUT2D eigenvalue weighted by atomic mass is 32.2. The Labute approximate surface area is 272 Å². The van der Waals surface area contributed by atoms with Crippen LogP contribution < -0.4 is 5.32 Å². The van der Waals surface area contributed by atoms with Gasteiger partial charge in [0.2, 0.25) is 5.82 Å². The van der Waals surface area contributed by atoms with Gasteiger partial charge in [-0.3, -0.25) is 4.79 Å². The first-order valence-electron chi connectivity index (χ1n) is 14.8. The zero-order valence-electron chi connectivity index (χ0n) is 25.2. The summed E-state index contributed by atoms with van der Waals surface area (Å²) in [6.07, 6.45) is -1.23. The van der Waals surface area contributed by atoms with E-state index in [1.807, 2.05) is 54.6 Å². The van der Waals surface area contributed by atoms with Crippen molar-refractivity contribution < 1.29 is 46.4 Å². The van der Waals surface area contributed by atoms with Gasteiger partial charge in [0, 0.05) is 29.5 Å². The van der Waals surface area contributed by atoms with Gasteiger partial charge in [-0.1, -0.05) is 67.6 Å². The van der Waals surface area contributed by atoms with Gasteiger partial charge in [0.25, 0.3) is 5.91 Å². The van der Waals surface area contributed by atoms with Crippen molar-refractivity contribution in [1.82, 2.24) is 5.32 Å². The molecule has 1 amide bonds. The van der Waals surface area contributed by atoms with Crippen LogP contribution in [0.1, 0.15) is 51.9 Å². The average molecular weight is 674 g/mol. The predicted octanol–water partition coefficient (Wildman–Crippen LogP) is 6.99. The molecule has 0 unspecified atom stereocenters. The van der Waals surface area contributed by atoms with Crippen molar-refractivity contribution in [3.63, 3.8) is 0 Å². The number of amides is 1. The van der Waals surface area contributed by atoms with E-state index in [9.17, 15) is 37.0 Å². The average Bonchev–Trinajstić information content (AvgIpc) is 3.10. The molecule has 1 fully saturated rings. The molecular formula is C35H32F5NO5S.